The van der Waals surface area contributed by atoms with Crippen LogP contribution in [0, 0.1) is 5.82 Å². The summed E-state index contributed by atoms with van der Waals surface area (Å²) in [7, 11) is 3.82. The van der Waals surface area contributed by atoms with E-state index in [0.717, 1.165) is 56.4 Å². The zero-order chi connectivity index (χ0) is 20.9. The molecule has 2 rings (SSSR count). The van der Waals surface area contributed by atoms with E-state index in [2.05, 4.69) is 32.6 Å². The summed E-state index contributed by atoms with van der Waals surface area (Å²) in [4.78, 5) is 11.3. The molecule has 0 aliphatic rings. The van der Waals surface area contributed by atoms with Crippen molar-refractivity contribution in [1.29, 1.82) is 0 Å². The van der Waals surface area contributed by atoms with Gasteiger partial charge in [0, 0.05) is 51.9 Å². The molecule has 1 heterocycles. The van der Waals surface area contributed by atoms with Crippen molar-refractivity contribution in [2.75, 3.05) is 53.5 Å². The van der Waals surface area contributed by atoms with Crippen LogP contribution in [0.2, 0.25) is 0 Å². The molecular weight excluding hydrogens is 373 g/mol. The first-order valence-electron chi connectivity index (χ1n) is 10.0. The van der Waals surface area contributed by atoms with Gasteiger partial charge >= 0.3 is 0 Å². The van der Waals surface area contributed by atoms with E-state index in [0.29, 0.717) is 18.9 Å². The van der Waals surface area contributed by atoms with E-state index in [-0.39, 0.29) is 5.82 Å². The summed E-state index contributed by atoms with van der Waals surface area (Å²) >= 11 is 0. The SMILES string of the molecule is CCNC(=NCCN(C)CCCOC)NCCc1coc(-c2ccc(F)cc2)n1. The fourth-order valence-corrected chi connectivity index (χ4v) is 2.72. The summed E-state index contributed by atoms with van der Waals surface area (Å²) < 4.78 is 23.6. The zero-order valence-corrected chi connectivity index (χ0v) is 17.6. The van der Waals surface area contributed by atoms with Crippen LogP contribution in [0.15, 0.2) is 39.9 Å². The Bertz CT molecular complexity index is 733. The molecule has 2 N–H and O–H groups in total. The van der Waals surface area contributed by atoms with Gasteiger partial charge in [0.2, 0.25) is 5.89 Å². The standard InChI is InChI=1S/C21H32FN5O2/c1-4-23-21(25-12-14-27(2)13-5-15-28-3)24-11-10-19-16-29-20(26-19)17-6-8-18(22)9-7-17/h6-9,16H,4-5,10-15H2,1-3H3,(H2,23,24,25). The predicted molar refractivity (Wildman–Crippen MR) is 114 cm³/mol. The number of halogens is 1. The molecule has 0 aliphatic carbocycles. The van der Waals surface area contributed by atoms with Crippen molar-refractivity contribution >= 4 is 5.96 Å². The van der Waals surface area contributed by atoms with Crippen LogP contribution < -0.4 is 10.6 Å². The van der Waals surface area contributed by atoms with Crippen LogP contribution in [0.25, 0.3) is 11.5 Å². The van der Waals surface area contributed by atoms with Crippen molar-refractivity contribution in [3.63, 3.8) is 0 Å². The van der Waals surface area contributed by atoms with Crippen molar-refractivity contribution in [1.82, 2.24) is 20.5 Å². The second-order valence-corrected chi connectivity index (χ2v) is 6.74. The molecule has 160 valence electrons. The molecule has 0 fully saturated rings. The maximum atomic E-state index is 13.0. The highest BCUT2D eigenvalue weighted by molar-refractivity contribution is 5.79. The van der Waals surface area contributed by atoms with Gasteiger partial charge in [-0.2, -0.15) is 0 Å². The number of nitrogens with one attached hydrogen (secondary N) is 2. The topological polar surface area (TPSA) is 74.9 Å². The van der Waals surface area contributed by atoms with Gasteiger partial charge in [0.25, 0.3) is 0 Å². The van der Waals surface area contributed by atoms with E-state index in [1.54, 1.807) is 25.5 Å². The molecule has 0 spiro atoms. The van der Waals surface area contributed by atoms with Crippen LogP contribution in [0.1, 0.15) is 19.0 Å². The van der Waals surface area contributed by atoms with Crippen molar-refractivity contribution in [2.45, 2.75) is 19.8 Å². The first-order valence-corrected chi connectivity index (χ1v) is 10.0. The normalized spacial score (nSPS) is 11.8. The largest absolute Gasteiger partial charge is 0.444 e. The molecule has 2 aromatic rings. The van der Waals surface area contributed by atoms with Crippen molar-refractivity contribution < 1.29 is 13.5 Å². The smallest absolute Gasteiger partial charge is 0.226 e. The van der Waals surface area contributed by atoms with Crippen molar-refractivity contribution in [3.8, 4) is 11.5 Å². The molecule has 0 amide bonds. The Kier molecular flexibility index (Phi) is 10.2. The zero-order valence-electron chi connectivity index (χ0n) is 17.6. The number of methoxy groups -OCH3 is 1. The van der Waals surface area contributed by atoms with Gasteiger partial charge in [-0.05, 0) is 44.7 Å². The Hall–Kier alpha value is -2.45. The fraction of sp³-hybridized carbons (Fsp3) is 0.524. The number of ether oxygens (including phenoxy) is 1. The maximum Gasteiger partial charge on any atom is 0.226 e. The quantitative estimate of drug-likeness (QED) is 0.321. The Balaban J connectivity index is 1.76. The number of hydrogen-bond donors (Lipinski definition) is 2. The van der Waals surface area contributed by atoms with Gasteiger partial charge in [0.1, 0.15) is 12.1 Å². The minimum absolute atomic E-state index is 0.277. The molecule has 0 aliphatic heterocycles. The molecule has 29 heavy (non-hydrogen) atoms. The van der Waals surface area contributed by atoms with E-state index >= 15 is 0 Å². The molecule has 0 atom stereocenters. The van der Waals surface area contributed by atoms with Crippen molar-refractivity contribution in [3.05, 3.63) is 42.0 Å². The maximum absolute atomic E-state index is 13.0. The third-order valence-corrected chi connectivity index (χ3v) is 4.30. The lowest BCUT2D eigenvalue weighted by molar-refractivity contribution is 0.180. The number of hydrogen-bond acceptors (Lipinski definition) is 5. The number of aromatic nitrogens is 1. The molecule has 7 nitrogen and oxygen atoms in total. The number of likely N-dealkylation sites (N-methyl/N-ethyl adjacent to an activating group) is 1. The second-order valence-electron chi connectivity index (χ2n) is 6.74. The first-order chi connectivity index (χ1) is 14.1. The first kappa shape index (κ1) is 22.8. The van der Waals surface area contributed by atoms with Crippen LogP contribution in [-0.4, -0.2) is 69.3 Å². The summed E-state index contributed by atoms with van der Waals surface area (Å²) in [6.07, 6.45) is 3.36. The van der Waals surface area contributed by atoms with Crippen LogP contribution >= 0.6 is 0 Å². The average Bonchev–Trinajstić information content (AvgIpc) is 3.17. The number of rotatable bonds is 12. The highest BCUT2D eigenvalue weighted by Crippen LogP contribution is 2.18. The van der Waals surface area contributed by atoms with Gasteiger partial charge in [-0.15, -0.1) is 0 Å². The van der Waals surface area contributed by atoms with Crippen LogP contribution in [0.5, 0.6) is 0 Å². The summed E-state index contributed by atoms with van der Waals surface area (Å²) in [5, 5.41) is 6.57. The third-order valence-electron chi connectivity index (χ3n) is 4.30. The molecule has 0 bridgehead atoms. The number of benzene rings is 1. The monoisotopic (exact) mass is 405 g/mol. The van der Waals surface area contributed by atoms with Crippen LogP contribution in [-0.2, 0) is 11.2 Å². The molecule has 1 aromatic heterocycles. The van der Waals surface area contributed by atoms with Gasteiger partial charge in [-0.25, -0.2) is 9.37 Å². The highest BCUT2D eigenvalue weighted by Gasteiger charge is 2.07. The Morgan fingerprint density at radius 2 is 2.03 bits per heavy atom. The summed E-state index contributed by atoms with van der Waals surface area (Å²) in [6.45, 7) is 6.92. The minimum Gasteiger partial charge on any atom is -0.444 e. The number of oxazole rings is 1. The lowest BCUT2D eigenvalue weighted by atomic mass is 10.2. The van der Waals surface area contributed by atoms with Gasteiger partial charge in [0.05, 0.1) is 12.2 Å². The summed E-state index contributed by atoms with van der Waals surface area (Å²) in [5.74, 6) is 1.01. The Labute approximate surface area is 172 Å². The van der Waals surface area contributed by atoms with E-state index in [4.69, 9.17) is 9.15 Å². The number of aliphatic imine (C=N–C) groups is 1. The van der Waals surface area contributed by atoms with Crippen molar-refractivity contribution in [2.24, 2.45) is 4.99 Å². The van der Waals surface area contributed by atoms with Crippen LogP contribution in [0.4, 0.5) is 4.39 Å². The number of guanidine groups is 1. The van der Waals surface area contributed by atoms with Crippen LogP contribution in [0.3, 0.4) is 0 Å². The van der Waals surface area contributed by atoms with E-state index in [9.17, 15) is 4.39 Å². The Morgan fingerprint density at radius 3 is 2.76 bits per heavy atom. The van der Waals surface area contributed by atoms with Gasteiger partial charge in [-0.1, -0.05) is 0 Å². The third kappa shape index (κ3) is 8.62. The molecule has 1 aromatic carbocycles. The molecule has 0 saturated carbocycles. The molecule has 0 saturated heterocycles. The van der Waals surface area contributed by atoms with Gasteiger partial charge < -0.3 is 24.7 Å². The molecule has 0 radical (unpaired) electrons. The fourth-order valence-electron chi connectivity index (χ4n) is 2.72. The molecular formula is C21H32FN5O2. The van der Waals surface area contributed by atoms with E-state index in [1.807, 2.05) is 6.92 Å². The van der Waals surface area contributed by atoms with Gasteiger partial charge in [-0.3, -0.25) is 4.99 Å². The van der Waals surface area contributed by atoms with Gasteiger partial charge in [0.15, 0.2) is 5.96 Å². The highest BCUT2D eigenvalue weighted by atomic mass is 19.1. The summed E-state index contributed by atoms with van der Waals surface area (Å²) in [5.41, 5.74) is 1.60. The Morgan fingerprint density at radius 1 is 1.24 bits per heavy atom. The lowest BCUT2D eigenvalue weighted by Gasteiger charge is -2.16. The molecule has 8 heteroatoms. The van der Waals surface area contributed by atoms with E-state index in [1.165, 1.54) is 12.1 Å². The van der Waals surface area contributed by atoms with E-state index < -0.39 is 0 Å². The molecule has 0 unspecified atom stereocenters. The predicted octanol–water partition coefficient (Wildman–Crippen LogP) is 2.55. The summed E-state index contributed by atoms with van der Waals surface area (Å²) in [6, 6.07) is 6.11. The number of nitrogens with zero attached hydrogens (tertiary/aromatic N) is 3. The minimum atomic E-state index is -0.277. The average molecular weight is 406 g/mol. The second kappa shape index (κ2) is 12.9. The lowest BCUT2D eigenvalue weighted by Crippen LogP contribution is -2.39.